The van der Waals surface area contributed by atoms with Gasteiger partial charge in [0, 0.05) is 55.0 Å². The number of aromatic nitrogens is 5. The van der Waals surface area contributed by atoms with Crippen LogP contribution in [-0.2, 0) is 23.2 Å². The predicted octanol–water partition coefficient (Wildman–Crippen LogP) is 5.19. The fourth-order valence-corrected chi connectivity index (χ4v) is 9.05. The van der Waals surface area contributed by atoms with Crippen molar-refractivity contribution in [3.8, 4) is 5.69 Å². The maximum atomic E-state index is 15.0. The van der Waals surface area contributed by atoms with Gasteiger partial charge in [0.15, 0.2) is 5.82 Å². The van der Waals surface area contributed by atoms with E-state index >= 15 is 0 Å². The zero-order valence-electron chi connectivity index (χ0n) is 30.9. The lowest BCUT2D eigenvalue weighted by atomic mass is 9.91. The van der Waals surface area contributed by atoms with Crippen LogP contribution in [0.25, 0.3) is 16.6 Å². The normalized spacial score (nSPS) is 21.2. The number of benzene rings is 3. The van der Waals surface area contributed by atoms with E-state index in [4.69, 9.17) is 14.2 Å². The first-order chi connectivity index (χ1) is 27.3. The van der Waals surface area contributed by atoms with Crippen LogP contribution in [0.3, 0.4) is 0 Å². The zero-order chi connectivity index (χ0) is 38.1. The summed E-state index contributed by atoms with van der Waals surface area (Å²) in [5.41, 5.74) is 3.80. The third kappa shape index (κ3) is 5.41. The van der Waals surface area contributed by atoms with Crippen molar-refractivity contribution in [1.82, 2.24) is 29.2 Å². The number of hydrogen-bond acceptors (Lipinski definition) is 8. The van der Waals surface area contributed by atoms with E-state index in [1.54, 1.807) is 14.7 Å². The van der Waals surface area contributed by atoms with Gasteiger partial charge in [0.2, 0.25) is 5.95 Å². The molecule has 0 bridgehead atoms. The van der Waals surface area contributed by atoms with Crippen LogP contribution in [0.1, 0.15) is 65.2 Å². The molecule has 6 aromatic rings. The Morgan fingerprint density at radius 3 is 2.29 bits per heavy atom. The third-order valence-corrected chi connectivity index (χ3v) is 12.1. The van der Waals surface area contributed by atoms with E-state index in [0.717, 1.165) is 29.4 Å². The maximum absolute atomic E-state index is 15.0. The average Bonchev–Trinajstić information content (AvgIpc) is 3.56. The Morgan fingerprint density at radius 1 is 0.875 bits per heavy atom. The Balaban J connectivity index is 1.06. The number of nitrogens with zero attached hydrogens (tertiary/aromatic N) is 7. The summed E-state index contributed by atoms with van der Waals surface area (Å²) in [5.74, 6) is 0.129. The summed E-state index contributed by atoms with van der Waals surface area (Å²) in [5, 5.41) is 5.05. The van der Waals surface area contributed by atoms with Gasteiger partial charge in [-0.1, -0.05) is 54.5 Å². The molecule has 14 nitrogen and oxygen atoms in total. The lowest BCUT2D eigenvalue weighted by molar-refractivity contribution is 0.0717. The summed E-state index contributed by atoms with van der Waals surface area (Å²) in [7, 11) is 0. The summed E-state index contributed by atoms with van der Waals surface area (Å²) < 4.78 is 14.2. The highest BCUT2D eigenvalue weighted by molar-refractivity contribution is 6.05. The predicted molar refractivity (Wildman–Crippen MR) is 208 cm³/mol. The number of H-pyrrole nitrogens is 1. The summed E-state index contributed by atoms with van der Waals surface area (Å²) >= 11 is 0. The molecule has 1 saturated carbocycles. The Hall–Kier alpha value is -6.28. The summed E-state index contributed by atoms with van der Waals surface area (Å²) in [6, 6.07) is 26.7. The number of nitrogens with one attached hydrogen (secondary N) is 1. The van der Waals surface area contributed by atoms with Crippen LogP contribution in [0.5, 0.6) is 0 Å². The van der Waals surface area contributed by atoms with Crippen LogP contribution in [-0.4, -0.2) is 73.9 Å². The van der Waals surface area contributed by atoms with Crippen molar-refractivity contribution in [3.05, 3.63) is 134 Å². The average molecular weight is 753 g/mol. The second-order valence-corrected chi connectivity index (χ2v) is 15.3. The van der Waals surface area contributed by atoms with Gasteiger partial charge in [-0.3, -0.25) is 28.9 Å². The van der Waals surface area contributed by atoms with Gasteiger partial charge in [0.25, 0.3) is 11.5 Å². The quantitative estimate of drug-likeness (QED) is 0.234. The molecule has 3 aliphatic heterocycles. The van der Waals surface area contributed by atoms with Crippen molar-refractivity contribution in [2.24, 2.45) is 5.92 Å². The van der Waals surface area contributed by atoms with Gasteiger partial charge >= 0.3 is 11.8 Å². The second kappa shape index (κ2) is 13.2. The first kappa shape index (κ1) is 34.2. The van der Waals surface area contributed by atoms with Crippen molar-refractivity contribution in [1.29, 1.82) is 0 Å². The number of urea groups is 1. The second-order valence-electron chi connectivity index (χ2n) is 15.3. The number of hydrogen-bond donors (Lipinski definition) is 1. The van der Waals surface area contributed by atoms with E-state index in [1.165, 1.54) is 10.1 Å². The highest BCUT2D eigenvalue weighted by atomic mass is 16.5. The highest BCUT2D eigenvalue weighted by Crippen LogP contribution is 2.56. The number of rotatable bonds is 7. The van der Waals surface area contributed by atoms with Crippen LogP contribution in [0.4, 0.5) is 16.4 Å². The Morgan fingerprint density at radius 2 is 1.59 bits per heavy atom. The number of carbonyl (C=O) groups excluding carboxylic acids is 2. The monoisotopic (exact) mass is 752 g/mol. The van der Waals surface area contributed by atoms with Crippen molar-refractivity contribution in [2.75, 3.05) is 42.6 Å². The maximum Gasteiger partial charge on any atom is 0.438 e. The van der Waals surface area contributed by atoms with Crippen LogP contribution in [0, 0.1) is 5.92 Å². The van der Waals surface area contributed by atoms with Gasteiger partial charge in [-0.25, -0.2) is 19.1 Å². The molecule has 3 aromatic carbocycles. The van der Waals surface area contributed by atoms with Gasteiger partial charge in [0.1, 0.15) is 11.2 Å². The number of aromatic amines is 1. The van der Waals surface area contributed by atoms with Crippen molar-refractivity contribution in [3.63, 3.8) is 0 Å². The smallest absolute Gasteiger partial charge is 0.381 e. The van der Waals surface area contributed by atoms with Gasteiger partial charge < -0.3 is 14.2 Å². The van der Waals surface area contributed by atoms with E-state index in [0.29, 0.717) is 73.6 Å². The SMILES string of the molecule is C[C@@H]1C[C@]1(c1noc(=O)[nH]1)n1c(C(=O)N2CCc3c(nc(N4CCN(c5ccccc5)C4=O)n(-c4ccccc4)c3=O)C2)cc2cc(C3CCOCC3)ccc21. The van der Waals surface area contributed by atoms with Crippen molar-refractivity contribution >= 4 is 34.5 Å². The first-order valence-corrected chi connectivity index (χ1v) is 19.3. The molecule has 14 heteroatoms. The molecule has 0 unspecified atom stereocenters. The van der Waals surface area contributed by atoms with Gasteiger partial charge in [-0.05, 0) is 85.5 Å². The molecule has 2 saturated heterocycles. The number of anilines is 2. The fourth-order valence-electron chi connectivity index (χ4n) is 9.05. The Labute approximate surface area is 320 Å². The standard InChI is InChI=1S/C42H40N8O6/c1-26-24-42(26,38-44-40(53)56-45-38)50-34-13-12-28(27-15-20-55-21-16-27)22-29(34)23-35(50)37(52)46-17-14-32-33(25-46)43-39(49(36(32)51)31-10-6-3-7-11-31)48-19-18-47(41(48)54)30-8-4-2-5-9-30/h2-13,22-23,26-27H,14-21,24-25H2,1H3,(H,44,45,53)/t26-,42+/m1/s1. The number of amides is 3. The molecule has 3 amide bonds. The van der Waals surface area contributed by atoms with Crippen LogP contribution < -0.4 is 21.1 Å². The number of para-hydroxylation sites is 2. The van der Waals surface area contributed by atoms with E-state index < -0.39 is 11.3 Å². The van der Waals surface area contributed by atoms with Crippen LogP contribution in [0.15, 0.2) is 99.0 Å². The van der Waals surface area contributed by atoms with E-state index in [2.05, 4.69) is 35.3 Å². The van der Waals surface area contributed by atoms with Gasteiger partial charge in [0.05, 0.1) is 17.9 Å². The zero-order valence-corrected chi connectivity index (χ0v) is 30.9. The minimum Gasteiger partial charge on any atom is -0.381 e. The molecule has 284 valence electrons. The van der Waals surface area contributed by atoms with Crippen LogP contribution >= 0.6 is 0 Å². The minimum atomic E-state index is -0.789. The largest absolute Gasteiger partial charge is 0.438 e. The third-order valence-electron chi connectivity index (χ3n) is 12.1. The van der Waals surface area contributed by atoms with Crippen LogP contribution in [0.2, 0.25) is 0 Å². The molecule has 2 atom stereocenters. The van der Waals surface area contributed by atoms with E-state index in [1.807, 2.05) is 71.3 Å². The molecular formula is C42H40N8O6. The lowest BCUT2D eigenvalue weighted by Gasteiger charge is -2.31. The van der Waals surface area contributed by atoms with Gasteiger partial charge in [-0.2, -0.15) is 0 Å². The number of fused-ring (bicyclic) bond motifs is 2. The van der Waals surface area contributed by atoms with Crippen molar-refractivity contribution in [2.45, 2.75) is 50.6 Å². The Kier molecular flexibility index (Phi) is 8.06. The molecule has 4 aliphatic rings. The summed E-state index contributed by atoms with van der Waals surface area (Å²) in [6.45, 7) is 4.62. The molecule has 3 fully saturated rings. The molecule has 1 aliphatic carbocycles. The molecule has 6 heterocycles. The van der Waals surface area contributed by atoms with Crippen molar-refractivity contribution < 1.29 is 18.8 Å². The molecule has 56 heavy (non-hydrogen) atoms. The van der Waals surface area contributed by atoms with Gasteiger partial charge in [-0.15, -0.1) is 0 Å². The summed E-state index contributed by atoms with van der Waals surface area (Å²) in [6.07, 6.45) is 2.80. The summed E-state index contributed by atoms with van der Waals surface area (Å²) in [4.78, 5) is 68.5. The molecule has 0 radical (unpaired) electrons. The molecule has 1 N–H and O–H groups in total. The Bertz CT molecular complexity index is 2620. The first-order valence-electron chi connectivity index (χ1n) is 19.3. The topological polar surface area (TPSA) is 152 Å². The highest BCUT2D eigenvalue weighted by Gasteiger charge is 2.59. The molecular weight excluding hydrogens is 713 g/mol. The van der Waals surface area contributed by atoms with E-state index in [9.17, 15) is 19.2 Å². The molecule has 10 rings (SSSR count). The molecule has 0 spiro atoms. The minimum absolute atomic E-state index is 0.0526. The molecule has 3 aromatic heterocycles. The number of ether oxygens (including phenoxy) is 1. The van der Waals surface area contributed by atoms with E-state index in [-0.39, 0.29) is 42.3 Å². The number of carbonyl (C=O) groups is 2. The fraction of sp³-hybridized carbons (Fsp3) is 0.333. The lowest BCUT2D eigenvalue weighted by Crippen LogP contribution is -2.43.